The minimum absolute atomic E-state index is 0.718. The Morgan fingerprint density at radius 1 is 1.21 bits per heavy atom. The van der Waals surface area contributed by atoms with E-state index in [-0.39, 0.29) is 0 Å². The molecule has 14 heavy (non-hydrogen) atoms. The highest BCUT2D eigenvalue weighted by molar-refractivity contribution is 5.58. The highest BCUT2D eigenvalue weighted by atomic mass is 14.2. The van der Waals surface area contributed by atoms with Crippen molar-refractivity contribution in [3.8, 4) is 6.07 Å². The molecule has 0 radical (unpaired) electrons. The maximum atomic E-state index is 8.67. The fourth-order valence-corrected chi connectivity index (χ4v) is 1.36. The first kappa shape index (κ1) is 12.4. The lowest BCUT2D eigenvalue weighted by atomic mass is 10.00. The second-order valence-electron chi connectivity index (χ2n) is 2.84. The second-order valence-corrected chi connectivity index (χ2v) is 2.84. The predicted octanol–water partition coefficient (Wildman–Crippen LogP) is 3.84. The summed E-state index contributed by atoms with van der Waals surface area (Å²) in [5.74, 6) is 0. The van der Waals surface area contributed by atoms with Crippen molar-refractivity contribution in [1.29, 1.82) is 5.26 Å². The zero-order chi connectivity index (χ0) is 11.1. The molecule has 0 N–H and O–H groups in total. The van der Waals surface area contributed by atoms with Gasteiger partial charge in [-0.1, -0.05) is 26.5 Å². The van der Waals surface area contributed by atoms with Crippen LogP contribution in [0.4, 0.5) is 0 Å². The summed E-state index contributed by atoms with van der Waals surface area (Å²) >= 11 is 0. The first-order chi connectivity index (χ1) is 6.69. The highest BCUT2D eigenvalue weighted by Gasteiger charge is 2.00. The minimum atomic E-state index is 0.718. The van der Waals surface area contributed by atoms with Crippen LogP contribution in [0.15, 0.2) is 18.7 Å². The third-order valence-electron chi connectivity index (χ3n) is 1.93. The second kappa shape index (κ2) is 5.99. The van der Waals surface area contributed by atoms with Crippen molar-refractivity contribution in [2.24, 2.45) is 0 Å². The van der Waals surface area contributed by atoms with Crippen LogP contribution in [0.1, 0.15) is 36.1 Å². The maximum Gasteiger partial charge on any atom is 0.0991 e. The quantitative estimate of drug-likeness (QED) is 0.655. The Labute approximate surface area is 86.7 Å². The number of nitriles is 1. The van der Waals surface area contributed by atoms with Gasteiger partial charge in [0, 0.05) is 0 Å². The minimum Gasteiger partial charge on any atom is -0.192 e. The molecule has 0 aromatic heterocycles. The smallest absolute Gasteiger partial charge is 0.0991 e. The molecule has 0 aliphatic carbocycles. The first-order valence-electron chi connectivity index (χ1n) is 4.83. The summed E-state index contributed by atoms with van der Waals surface area (Å²) in [4.78, 5) is 0. The molecule has 0 unspecified atom stereocenters. The van der Waals surface area contributed by atoms with Gasteiger partial charge in [0.2, 0.25) is 0 Å². The fourth-order valence-electron chi connectivity index (χ4n) is 1.36. The van der Waals surface area contributed by atoms with Gasteiger partial charge in [-0.25, -0.2) is 0 Å². The van der Waals surface area contributed by atoms with Crippen LogP contribution in [-0.4, -0.2) is 0 Å². The lowest BCUT2D eigenvalue weighted by Crippen LogP contribution is -1.88. The monoisotopic (exact) mass is 187 g/mol. The zero-order valence-electron chi connectivity index (χ0n) is 9.39. The van der Waals surface area contributed by atoms with Crippen molar-refractivity contribution in [1.82, 2.24) is 0 Å². The van der Waals surface area contributed by atoms with Crippen molar-refractivity contribution < 1.29 is 0 Å². The molecule has 1 heteroatoms. The topological polar surface area (TPSA) is 23.8 Å². The number of hydrogen-bond donors (Lipinski definition) is 0. The van der Waals surface area contributed by atoms with E-state index in [0.717, 1.165) is 22.3 Å². The SMILES string of the molecule is C=Cc1c(C)cc(C#N)cc1C.CC. The standard InChI is InChI=1S/C11H11N.C2H6/c1-4-11-8(2)5-10(7-12)6-9(11)3;1-2/h4-6H,1H2,2-3H3;1-2H3. The third kappa shape index (κ3) is 2.74. The summed E-state index contributed by atoms with van der Waals surface area (Å²) in [5.41, 5.74) is 4.08. The van der Waals surface area contributed by atoms with Crippen LogP contribution in [-0.2, 0) is 0 Å². The third-order valence-corrected chi connectivity index (χ3v) is 1.93. The largest absolute Gasteiger partial charge is 0.192 e. The van der Waals surface area contributed by atoms with E-state index in [4.69, 9.17) is 5.26 Å². The molecule has 0 amide bonds. The molecule has 0 bridgehead atoms. The van der Waals surface area contributed by atoms with Crippen LogP contribution in [0.2, 0.25) is 0 Å². The van der Waals surface area contributed by atoms with Gasteiger partial charge in [0.1, 0.15) is 0 Å². The van der Waals surface area contributed by atoms with Crippen LogP contribution < -0.4 is 0 Å². The molecule has 0 saturated carbocycles. The van der Waals surface area contributed by atoms with Crippen LogP contribution >= 0.6 is 0 Å². The van der Waals surface area contributed by atoms with Gasteiger partial charge >= 0.3 is 0 Å². The van der Waals surface area contributed by atoms with Gasteiger partial charge in [-0.15, -0.1) is 0 Å². The van der Waals surface area contributed by atoms with Gasteiger partial charge in [-0.05, 0) is 42.7 Å². The Morgan fingerprint density at radius 3 is 1.93 bits per heavy atom. The van der Waals surface area contributed by atoms with Crippen molar-refractivity contribution in [3.63, 3.8) is 0 Å². The molecule has 0 atom stereocenters. The van der Waals surface area contributed by atoms with Gasteiger partial charge in [0.25, 0.3) is 0 Å². The zero-order valence-corrected chi connectivity index (χ0v) is 9.39. The van der Waals surface area contributed by atoms with E-state index < -0.39 is 0 Å². The molecule has 0 saturated heterocycles. The summed E-state index contributed by atoms with van der Waals surface area (Å²) in [6.07, 6.45) is 1.83. The molecule has 0 fully saturated rings. The van der Waals surface area contributed by atoms with Gasteiger partial charge < -0.3 is 0 Å². The first-order valence-corrected chi connectivity index (χ1v) is 4.83. The van der Waals surface area contributed by atoms with E-state index in [9.17, 15) is 0 Å². The predicted molar refractivity (Wildman–Crippen MR) is 62.1 cm³/mol. The highest BCUT2D eigenvalue weighted by Crippen LogP contribution is 2.16. The van der Waals surface area contributed by atoms with E-state index in [1.54, 1.807) is 0 Å². The Hall–Kier alpha value is -1.55. The van der Waals surface area contributed by atoms with E-state index in [1.807, 2.05) is 45.9 Å². The molecule has 74 valence electrons. The lowest BCUT2D eigenvalue weighted by Gasteiger charge is -2.04. The van der Waals surface area contributed by atoms with Crippen LogP contribution in [0, 0.1) is 25.2 Å². The molecule has 1 nitrogen and oxygen atoms in total. The van der Waals surface area contributed by atoms with Crippen molar-refractivity contribution in [3.05, 3.63) is 41.0 Å². The van der Waals surface area contributed by atoms with Crippen LogP contribution in [0.3, 0.4) is 0 Å². The molecular formula is C13H17N. The van der Waals surface area contributed by atoms with E-state index >= 15 is 0 Å². The normalized spacial score (nSPS) is 8.21. The fraction of sp³-hybridized carbons (Fsp3) is 0.308. The average Bonchev–Trinajstić information content (AvgIpc) is 2.20. The lowest BCUT2D eigenvalue weighted by molar-refractivity contribution is 1.33. The number of nitrogens with zero attached hydrogens (tertiary/aromatic N) is 1. The Morgan fingerprint density at radius 2 is 1.64 bits per heavy atom. The van der Waals surface area contributed by atoms with Gasteiger partial charge in [-0.3, -0.25) is 0 Å². The van der Waals surface area contributed by atoms with Gasteiger partial charge in [-0.2, -0.15) is 5.26 Å². The molecule has 0 aliphatic rings. The van der Waals surface area contributed by atoms with E-state index in [0.29, 0.717) is 0 Å². The summed E-state index contributed by atoms with van der Waals surface area (Å²) in [7, 11) is 0. The van der Waals surface area contributed by atoms with E-state index in [1.165, 1.54) is 0 Å². The number of hydrogen-bond acceptors (Lipinski definition) is 1. The Kier molecular flexibility index (Phi) is 5.33. The van der Waals surface area contributed by atoms with Crippen LogP contribution in [0.5, 0.6) is 0 Å². The average molecular weight is 187 g/mol. The maximum absolute atomic E-state index is 8.67. The molecule has 1 aromatic rings. The summed E-state index contributed by atoms with van der Waals surface area (Å²) in [6, 6.07) is 5.88. The molecule has 0 heterocycles. The molecule has 0 spiro atoms. The van der Waals surface area contributed by atoms with Crippen LogP contribution in [0.25, 0.3) is 6.08 Å². The molecule has 0 aliphatic heterocycles. The molecule has 1 rings (SSSR count). The number of rotatable bonds is 1. The van der Waals surface area contributed by atoms with Crippen molar-refractivity contribution >= 4 is 6.08 Å². The van der Waals surface area contributed by atoms with Crippen molar-refractivity contribution in [2.75, 3.05) is 0 Å². The Balaban J connectivity index is 0.000000791. The van der Waals surface area contributed by atoms with E-state index in [2.05, 4.69) is 12.6 Å². The molecular weight excluding hydrogens is 170 g/mol. The number of benzene rings is 1. The number of aryl methyl sites for hydroxylation is 2. The van der Waals surface area contributed by atoms with Gasteiger partial charge in [0.05, 0.1) is 11.6 Å². The van der Waals surface area contributed by atoms with Gasteiger partial charge in [0.15, 0.2) is 0 Å². The summed E-state index contributed by atoms with van der Waals surface area (Å²) in [5, 5.41) is 8.67. The van der Waals surface area contributed by atoms with Crippen molar-refractivity contribution in [2.45, 2.75) is 27.7 Å². The molecule has 1 aromatic carbocycles. The Bertz CT molecular complexity index is 333. The summed E-state index contributed by atoms with van der Waals surface area (Å²) in [6.45, 7) is 11.7. The summed E-state index contributed by atoms with van der Waals surface area (Å²) < 4.78 is 0.